The van der Waals surface area contributed by atoms with E-state index < -0.39 is 41.3 Å². The number of aromatic nitrogens is 3. The molecule has 0 bridgehead atoms. The molecule has 2 aliphatic heterocycles. The number of nitrogens with zero attached hydrogens (tertiary/aromatic N) is 4. The number of amides is 1. The molecule has 36 heavy (non-hydrogen) atoms. The number of hydrogen-bond donors (Lipinski definition) is 0. The number of halogens is 1. The van der Waals surface area contributed by atoms with Crippen LogP contribution in [0.15, 0.2) is 48.8 Å². The Labute approximate surface area is 214 Å². The highest BCUT2D eigenvalue weighted by atomic mass is 35.5. The number of carbonyl (C=O) groups is 1. The first-order valence-electron chi connectivity index (χ1n) is 12.0. The van der Waals surface area contributed by atoms with Crippen molar-refractivity contribution in [2.45, 2.75) is 82.5 Å². The average Bonchev–Trinajstić information content (AvgIpc) is 3.06. The third-order valence-corrected chi connectivity index (χ3v) is 7.15. The average molecular weight is 513 g/mol. The Morgan fingerprint density at radius 1 is 1.17 bits per heavy atom. The van der Waals surface area contributed by atoms with Crippen molar-refractivity contribution in [3.05, 3.63) is 65.2 Å². The lowest BCUT2D eigenvalue weighted by Gasteiger charge is -2.33. The van der Waals surface area contributed by atoms with Gasteiger partial charge in [0.05, 0.1) is 18.3 Å². The summed E-state index contributed by atoms with van der Waals surface area (Å²) in [6.45, 7) is 9.70. The number of carbonyl (C=O) groups excluding carboxylic acids is 1. The quantitative estimate of drug-likeness (QED) is 0.507. The Kier molecular flexibility index (Phi) is 5.18. The molecule has 1 spiro atoms. The van der Waals surface area contributed by atoms with Gasteiger partial charge in [-0.2, -0.15) is 5.10 Å². The van der Waals surface area contributed by atoms with Crippen molar-refractivity contribution >= 4 is 23.2 Å². The van der Waals surface area contributed by atoms with Crippen LogP contribution in [0.1, 0.15) is 51.9 Å². The maximum absolute atomic E-state index is 13.7. The van der Waals surface area contributed by atoms with E-state index in [-0.39, 0.29) is 6.10 Å². The van der Waals surface area contributed by atoms with Crippen molar-refractivity contribution in [3.8, 4) is 0 Å². The van der Waals surface area contributed by atoms with Gasteiger partial charge < -0.3 is 18.9 Å². The highest BCUT2D eigenvalue weighted by molar-refractivity contribution is 6.32. The SMILES string of the molecule is CC(C)(C)OC(=O)N1[C@@H](c2ccc3c(Cl)ncnn23)[C@@H]2OC(C)(C)O[C@@]23C(OCc2ccccc2)[C@@H]13. The van der Waals surface area contributed by atoms with Crippen LogP contribution in [0.5, 0.6) is 0 Å². The zero-order valence-corrected chi connectivity index (χ0v) is 21.6. The lowest BCUT2D eigenvalue weighted by atomic mass is 10.0. The van der Waals surface area contributed by atoms with Crippen LogP contribution < -0.4 is 0 Å². The highest BCUT2D eigenvalue weighted by Gasteiger charge is 2.86. The molecule has 9 nitrogen and oxygen atoms in total. The predicted molar refractivity (Wildman–Crippen MR) is 130 cm³/mol. The first kappa shape index (κ1) is 23.7. The summed E-state index contributed by atoms with van der Waals surface area (Å²) in [6, 6.07) is 12.7. The highest BCUT2D eigenvalue weighted by Crippen LogP contribution is 2.66. The molecule has 0 radical (unpaired) electrons. The molecule has 5 atom stereocenters. The maximum Gasteiger partial charge on any atom is 0.411 e. The van der Waals surface area contributed by atoms with Gasteiger partial charge in [0.25, 0.3) is 0 Å². The van der Waals surface area contributed by atoms with Crippen molar-refractivity contribution in [1.82, 2.24) is 19.5 Å². The van der Waals surface area contributed by atoms with E-state index in [1.165, 1.54) is 6.33 Å². The van der Waals surface area contributed by atoms with E-state index in [0.29, 0.717) is 17.3 Å². The van der Waals surface area contributed by atoms with Crippen LogP contribution >= 0.6 is 11.6 Å². The van der Waals surface area contributed by atoms with Crippen LogP contribution in [0, 0.1) is 0 Å². The summed E-state index contributed by atoms with van der Waals surface area (Å²) >= 11 is 6.33. The van der Waals surface area contributed by atoms with Crippen LogP contribution in [-0.4, -0.2) is 60.8 Å². The van der Waals surface area contributed by atoms with Gasteiger partial charge in [0.2, 0.25) is 0 Å². The molecule has 1 amide bonds. The fourth-order valence-corrected chi connectivity index (χ4v) is 5.84. The molecular formula is C26H29ClN4O5. The fraction of sp³-hybridized carbons (Fsp3) is 0.500. The van der Waals surface area contributed by atoms with Crippen molar-refractivity contribution in [2.24, 2.45) is 0 Å². The number of benzene rings is 1. The van der Waals surface area contributed by atoms with Gasteiger partial charge in [-0.15, -0.1) is 0 Å². The Morgan fingerprint density at radius 2 is 1.92 bits per heavy atom. The second-order valence-electron chi connectivity index (χ2n) is 11.0. The van der Waals surface area contributed by atoms with Gasteiger partial charge in [0, 0.05) is 0 Å². The van der Waals surface area contributed by atoms with Crippen LogP contribution in [-0.2, 0) is 25.6 Å². The number of likely N-dealkylation sites (tertiary alicyclic amines) is 1. The zero-order chi connectivity index (χ0) is 25.5. The second kappa shape index (κ2) is 7.89. The lowest BCUT2D eigenvalue weighted by Crippen LogP contribution is -2.44. The maximum atomic E-state index is 13.7. The molecule has 1 aliphatic carbocycles. The van der Waals surface area contributed by atoms with Crippen LogP contribution in [0.2, 0.25) is 5.15 Å². The van der Waals surface area contributed by atoms with Gasteiger partial charge in [-0.3, -0.25) is 4.90 Å². The molecule has 3 fully saturated rings. The van der Waals surface area contributed by atoms with Crippen LogP contribution in [0.3, 0.4) is 0 Å². The molecule has 1 aromatic carbocycles. The van der Waals surface area contributed by atoms with Crippen LogP contribution in [0.4, 0.5) is 4.79 Å². The molecular weight excluding hydrogens is 484 g/mol. The van der Waals surface area contributed by atoms with Crippen molar-refractivity contribution in [3.63, 3.8) is 0 Å². The van der Waals surface area contributed by atoms with E-state index in [2.05, 4.69) is 10.1 Å². The van der Waals surface area contributed by atoms with Gasteiger partial charge in [-0.1, -0.05) is 41.9 Å². The summed E-state index contributed by atoms with van der Waals surface area (Å²) < 4.78 is 27.0. The molecule has 10 heteroatoms. The molecule has 0 N–H and O–H groups in total. The summed E-state index contributed by atoms with van der Waals surface area (Å²) in [5, 5.41) is 4.74. The van der Waals surface area contributed by atoms with Crippen LogP contribution in [0.25, 0.3) is 5.52 Å². The van der Waals surface area contributed by atoms with Gasteiger partial charge in [0.15, 0.2) is 16.5 Å². The number of hydrogen-bond acceptors (Lipinski definition) is 7. The first-order valence-corrected chi connectivity index (χ1v) is 12.4. The van der Waals surface area contributed by atoms with Gasteiger partial charge in [-0.05, 0) is 52.3 Å². The van der Waals surface area contributed by atoms with E-state index in [1.807, 2.05) is 77.1 Å². The Balaban J connectivity index is 1.42. The van der Waals surface area contributed by atoms with Gasteiger partial charge in [-0.25, -0.2) is 14.3 Å². The number of rotatable bonds is 4. The van der Waals surface area contributed by atoms with E-state index in [4.69, 9.17) is 30.5 Å². The van der Waals surface area contributed by atoms with E-state index in [0.717, 1.165) is 11.3 Å². The monoisotopic (exact) mass is 512 g/mol. The molecule has 1 unspecified atom stereocenters. The Morgan fingerprint density at radius 3 is 2.64 bits per heavy atom. The fourth-order valence-electron chi connectivity index (χ4n) is 5.65. The third kappa shape index (κ3) is 3.60. The predicted octanol–water partition coefficient (Wildman–Crippen LogP) is 4.53. The zero-order valence-electron chi connectivity index (χ0n) is 20.8. The van der Waals surface area contributed by atoms with E-state index >= 15 is 0 Å². The summed E-state index contributed by atoms with van der Waals surface area (Å²) in [5.74, 6) is -0.855. The molecule has 1 saturated carbocycles. The lowest BCUT2D eigenvalue weighted by molar-refractivity contribution is -0.164. The smallest absolute Gasteiger partial charge is 0.411 e. The summed E-state index contributed by atoms with van der Waals surface area (Å²) in [7, 11) is 0. The molecule has 6 rings (SSSR count). The van der Waals surface area contributed by atoms with Crippen molar-refractivity contribution in [1.29, 1.82) is 0 Å². The molecule has 4 heterocycles. The molecule has 190 valence electrons. The van der Waals surface area contributed by atoms with Gasteiger partial charge >= 0.3 is 6.09 Å². The number of ether oxygens (including phenoxy) is 4. The third-order valence-electron chi connectivity index (χ3n) is 6.86. The standard InChI is InChI=1S/C26H29ClN4O5/c1-24(2,3)35-23(32)30-18(16-11-12-17-22(27)28-14-29-31(16)17)20-26(36-25(4,5)34-20)19(30)21(26)33-13-15-9-7-6-8-10-15/h6-12,14,18-21H,13H2,1-5H3/t18-,19+,20-,21?,26+/m0/s1. The minimum atomic E-state index is -0.855. The van der Waals surface area contributed by atoms with E-state index in [1.54, 1.807) is 9.42 Å². The van der Waals surface area contributed by atoms with E-state index in [9.17, 15) is 4.79 Å². The first-order chi connectivity index (χ1) is 17.0. The minimum Gasteiger partial charge on any atom is -0.444 e. The number of piperidine rings is 1. The normalized spacial score (nSPS) is 30.3. The Hall–Kier alpha value is -2.72. The van der Waals surface area contributed by atoms with Crippen molar-refractivity contribution < 1.29 is 23.7 Å². The molecule has 3 aliphatic rings. The van der Waals surface area contributed by atoms with Gasteiger partial charge in [0.1, 0.15) is 35.7 Å². The topological polar surface area (TPSA) is 87.4 Å². The number of fused-ring (bicyclic) bond motifs is 1. The molecule has 2 aromatic heterocycles. The summed E-state index contributed by atoms with van der Waals surface area (Å²) in [5.41, 5.74) is 0.900. The van der Waals surface area contributed by atoms with Crippen molar-refractivity contribution in [2.75, 3.05) is 0 Å². The minimum absolute atomic E-state index is 0.325. The largest absolute Gasteiger partial charge is 0.444 e. The molecule has 2 saturated heterocycles. The summed E-state index contributed by atoms with van der Waals surface area (Å²) in [4.78, 5) is 19.5. The summed E-state index contributed by atoms with van der Waals surface area (Å²) in [6.07, 6.45) is 0.0524. The molecule has 3 aromatic rings. The second-order valence-corrected chi connectivity index (χ2v) is 11.4. The Bertz CT molecular complexity index is 1320.